The number of hydrogen-bond acceptors (Lipinski definition) is 3. The summed E-state index contributed by atoms with van der Waals surface area (Å²) in [4.78, 5) is 13.4. The molecule has 0 spiro atoms. The number of thiophene rings is 2. The molecule has 0 aliphatic rings. The van der Waals surface area contributed by atoms with Crippen LogP contribution in [-0.2, 0) is 4.79 Å². The van der Waals surface area contributed by atoms with E-state index in [9.17, 15) is 4.79 Å². The molecule has 0 saturated carbocycles. The van der Waals surface area contributed by atoms with Gasteiger partial charge in [-0.2, -0.15) is 0 Å². The van der Waals surface area contributed by atoms with Crippen molar-refractivity contribution in [1.82, 2.24) is 0 Å². The third kappa shape index (κ3) is 2.68. The zero-order valence-electron chi connectivity index (χ0n) is 7.85. The molecule has 4 heteroatoms. The van der Waals surface area contributed by atoms with Crippen LogP contribution in [0.1, 0.15) is 22.1 Å². The van der Waals surface area contributed by atoms with Crippen LogP contribution in [0.3, 0.4) is 0 Å². The minimum Gasteiger partial charge on any atom is -0.281 e. The first-order valence-electron chi connectivity index (χ1n) is 4.52. The van der Waals surface area contributed by atoms with E-state index in [1.54, 1.807) is 22.7 Å². The summed E-state index contributed by atoms with van der Waals surface area (Å²) in [5.74, 6) is 0.134. The smallest absolute Gasteiger partial charge is 0.222 e. The quantitative estimate of drug-likeness (QED) is 0.753. The monoisotopic (exact) mass is 256 g/mol. The molecule has 0 atom stereocenters. The molecule has 0 fully saturated rings. The van der Waals surface area contributed by atoms with E-state index >= 15 is 0 Å². The first kappa shape index (κ1) is 10.9. The highest BCUT2D eigenvalue weighted by molar-refractivity contribution is 7.11. The van der Waals surface area contributed by atoms with Gasteiger partial charge in [0, 0.05) is 22.1 Å². The molecule has 15 heavy (non-hydrogen) atoms. The van der Waals surface area contributed by atoms with Crippen molar-refractivity contribution in [2.45, 2.75) is 12.3 Å². The summed E-state index contributed by atoms with van der Waals surface area (Å²) in [5, 5.41) is 3.77. The fourth-order valence-electron chi connectivity index (χ4n) is 1.48. The standard InChI is InChI=1S/C11H9ClOS2/c12-11(13)7-8(9-3-1-5-14-9)10-4-2-6-15-10/h1-6,8H,7H2. The van der Waals surface area contributed by atoms with Gasteiger partial charge in [0.15, 0.2) is 0 Å². The fraction of sp³-hybridized carbons (Fsp3) is 0.182. The van der Waals surface area contributed by atoms with Crippen molar-refractivity contribution in [2.24, 2.45) is 0 Å². The van der Waals surface area contributed by atoms with E-state index in [4.69, 9.17) is 11.6 Å². The molecule has 0 amide bonds. The Balaban J connectivity index is 2.29. The maximum atomic E-state index is 11.0. The Labute approximate surface area is 101 Å². The van der Waals surface area contributed by atoms with Crippen LogP contribution in [0, 0.1) is 0 Å². The van der Waals surface area contributed by atoms with Gasteiger partial charge in [-0.3, -0.25) is 4.79 Å². The average molecular weight is 257 g/mol. The van der Waals surface area contributed by atoms with Gasteiger partial charge in [-0.15, -0.1) is 22.7 Å². The van der Waals surface area contributed by atoms with Crippen molar-refractivity contribution in [2.75, 3.05) is 0 Å². The lowest BCUT2D eigenvalue weighted by atomic mass is 10.0. The maximum Gasteiger partial charge on any atom is 0.222 e. The molecule has 0 N–H and O–H groups in total. The molecule has 0 aromatic carbocycles. The molecule has 0 unspecified atom stereocenters. The topological polar surface area (TPSA) is 17.1 Å². The Bertz CT molecular complexity index is 385. The number of halogens is 1. The Hall–Kier alpha value is -0.640. The fourth-order valence-corrected chi connectivity index (χ4v) is 3.40. The van der Waals surface area contributed by atoms with E-state index in [-0.39, 0.29) is 11.2 Å². The van der Waals surface area contributed by atoms with Crippen LogP contribution in [0.4, 0.5) is 0 Å². The van der Waals surface area contributed by atoms with E-state index < -0.39 is 0 Å². The van der Waals surface area contributed by atoms with Crippen molar-refractivity contribution >= 4 is 39.5 Å². The highest BCUT2D eigenvalue weighted by Gasteiger charge is 2.18. The zero-order valence-corrected chi connectivity index (χ0v) is 10.2. The predicted molar refractivity (Wildman–Crippen MR) is 66.0 cm³/mol. The zero-order chi connectivity index (χ0) is 10.7. The summed E-state index contributed by atoms with van der Waals surface area (Å²) < 4.78 is 0. The predicted octanol–water partition coefficient (Wildman–Crippen LogP) is 4.10. The molecule has 0 aliphatic heterocycles. The van der Waals surface area contributed by atoms with Crippen molar-refractivity contribution in [3.05, 3.63) is 44.8 Å². The van der Waals surface area contributed by atoms with Crippen LogP contribution in [0.2, 0.25) is 0 Å². The molecule has 0 saturated heterocycles. The minimum atomic E-state index is -0.276. The summed E-state index contributed by atoms with van der Waals surface area (Å²) >= 11 is 8.81. The second-order valence-electron chi connectivity index (χ2n) is 3.14. The lowest BCUT2D eigenvalue weighted by molar-refractivity contribution is -0.111. The first-order valence-corrected chi connectivity index (χ1v) is 6.66. The highest BCUT2D eigenvalue weighted by Crippen LogP contribution is 2.34. The van der Waals surface area contributed by atoms with Crippen LogP contribution < -0.4 is 0 Å². The molecule has 2 rings (SSSR count). The molecule has 78 valence electrons. The van der Waals surface area contributed by atoms with Crippen molar-refractivity contribution < 1.29 is 4.79 Å². The van der Waals surface area contributed by atoms with Gasteiger partial charge >= 0.3 is 0 Å². The van der Waals surface area contributed by atoms with E-state index in [1.807, 2.05) is 22.9 Å². The van der Waals surface area contributed by atoms with Gasteiger partial charge in [0.25, 0.3) is 0 Å². The SMILES string of the molecule is O=C(Cl)CC(c1cccs1)c1cccs1. The molecule has 2 aromatic heterocycles. The Morgan fingerprint density at radius 1 is 1.20 bits per heavy atom. The Morgan fingerprint density at radius 2 is 1.73 bits per heavy atom. The second kappa shape index (κ2) is 4.92. The summed E-state index contributed by atoms with van der Waals surface area (Å²) in [6.45, 7) is 0. The van der Waals surface area contributed by atoms with Gasteiger partial charge in [-0.1, -0.05) is 12.1 Å². The molecular formula is C11H9ClOS2. The number of carbonyl (C=O) groups excluding carboxylic acids is 1. The van der Waals surface area contributed by atoms with Gasteiger partial charge in [-0.05, 0) is 34.5 Å². The third-order valence-corrected chi connectivity index (χ3v) is 4.26. The van der Waals surface area contributed by atoms with Crippen molar-refractivity contribution in [3.8, 4) is 0 Å². The molecule has 1 nitrogen and oxygen atoms in total. The van der Waals surface area contributed by atoms with Crippen molar-refractivity contribution in [3.63, 3.8) is 0 Å². The van der Waals surface area contributed by atoms with Gasteiger partial charge < -0.3 is 0 Å². The van der Waals surface area contributed by atoms with Crippen LogP contribution in [-0.4, -0.2) is 5.24 Å². The van der Waals surface area contributed by atoms with E-state index in [0.717, 1.165) is 0 Å². The largest absolute Gasteiger partial charge is 0.281 e. The Morgan fingerprint density at radius 3 is 2.07 bits per heavy atom. The summed E-state index contributed by atoms with van der Waals surface area (Å²) in [7, 11) is 0. The van der Waals surface area contributed by atoms with E-state index in [1.165, 1.54) is 9.75 Å². The molecular weight excluding hydrogens is 248 g/mol. The highest BCUT2D eigenvalue weighted by atomic mass is 35.5. The lowest BCUT2D eigenvalue weighted by Gasteiger charge is -2.10. The number of carbonyl (C=O) groups is 1. The third-order valence-electron chi connectivity index (χ3n) is 2.14. The summed E-state index contributed by atoms with van der Waals surface area (Å²) in [6.07, 6.45) is 0.378. The van der Waals surface area contributed by atoms with Gasteiger partial charge in [0.2, 0.25) is 5.24 Å². The van der Waals surface area contributed by atoms with Crippen LogP contribution in [0.5, 0.6) is 0 Å². The summed E-state index contributed by atoms with van der Waals surface area (Å²) in [6, 6.07) is 8.10. The maximum absolute atomic E-state index is 11.0. The van der Waals surface area contributed by atoms with Gasteiger partial charge in [0.1, 0.15) is 0 Å². The lowest BCUT2D eigenvalue weighted by Crippen LogP contribution is -2.01. The number of rotatable bonds is 4. The molecule has 0 aliphatic carbocycles. The average Bonchev–Trinajstić information content (AvgIpc) is 2.87. The summed E-state index contributed by atoms with van der Waals surface area (Å²) in [5.41, 5.74) is 0. The van der Waals surface area contributed by atoms with Gasteiger partial charge in [-0.25, -0.2) is 0 Å². The molecule has 2 aromatic rings. The first-order chi connectivity index (χ1) is 7.27. The molecule has 0 radical (unpaired) electrons. The van der Waals surface area contributed by atoms with Crippen LogP contribution >= 0.6 is 34.3 Å². The Kier molecular flexibility index (Phi) is 3.57. The van der Waals surface area contributed by atoms with Crippen LogP contribution in [0.15, 0.2) is 35.0 Å². The molecule has 0 bridgehead atoms. The minimum absolute atomic E-state index is 0.134. The number of hydrogen-bond donors (Lipinski definition) is 0. The van der Waals surface area contributed by atoms with E-state index in [0.29, 0.717) is 6.42 Å². The second-order valence-corrected chi connectivity index (χ2v) is 5.52. The van der Waals surface area contributed by atoms with Gasteiger partial charge in [0.05, 0.1) is 0 Å². The molecule has 2 heterocycles. The normalized spacial score (nSPS) is 10.8. The van der Waals surface area contributed by atoms with E-state index in [2.05, 4.69) is 12.1 Å². The van der Waals surface area contributed by atoms with Crippen molar-refractivity contribution in [1.29, 1.82) is 0 Å². The van der Waals surface area contributed by atoms with Crippen LogP contribution in [0.25, 0.3) is 0 Å².